The molecule has 3 rings (SSSR count). The highest BCUT2D eigenvalue weighted by Gasteiger charge is 2.27. The first kappa shape index (κ1) is 13.2. The molecule has 1 N–H and O–H groups in total. The molecule has 0 saturated carbocycles. The van der Waals surface area contributed by atoms with Gasteiger partial charge in [-0.25, -0.2) is 0 Å². The van der Waals surface area contributed by atoms with Gasteiger partial charge in [-0.15, -0.1) is 0 Å². The van der Waals surface area contributed by atoms with E-state index >= 15 is 0 Å². The van der Waals surface area contributed by atoms with E-state index in [1.165, 1.54) is 0 Å². The number of fused-ring (bicyclic) bond motifs is 1. The van der Waals surface area contributed by atoms with Gasteiger partial charge in [0.15, 0.2) is 5.76 Å². The van der Waals surface area contributed by atoms with Crippen LogP contribution in [0.4, 0.5) is 5.69 Å². The molecule has 0 aromatic heterocycles. The second kappa shape index (κ2) is 5.28. The number of rotatable bonds is 2. The van der Waals surface area contributed by atoms with Crippen molar-refractivity contribution in [2.24, 2.45) is 0 Å². The number of carbonyl (C=O) groups is 1. The number of nitrogens with one attached hydrogen (secondary N) is 1. The summed E-state index contributed by atoms with van der Waals surface area (Å²) in [6, 6.07) is 13.4. The van der Waals surface area contributed by atoms with Crippen LogP contribution in [0.15, 0.2) is 48.2 Å². The molecule has 3 nitrogen and oxygen atoms in total. The molecule has 0 unspecified atom stereocenters. The minimum atomic E-state index is -0.0591. The maximum Gasteiger partial charge on any atom is 0.232 e. The van der Waals surface area contributed by atoms with E-state index < -0.39 is 0 Å². The molecule has 2 aromatic carbocycles. The Bertz CT molecular complexity index is 705. The van der Waals surface area contributed by atoms with Crippen molar-refractivity contribution in [2.45, 2.75) is 0 Å². The van der Waals surface area contributed by atoms with Gasteiger partial charge in [-0.1, -0.05) is 12.1 Å². The molecule has 0 radical (unpaired) electrons. The molecule has 1 aliphatic heterocycles. The lowest BCUT2D eigenvalue weighted by Crippen LogP contribution is -1.98. The number of ketones is 1. The zero-order valence-corrected chi connectivity index (χ0v) is 13.0. The molecular formula is C16H12INO2. The lowest BCUT2D eigenvalue weighted by atomic mass is 10.1. The van der Waals surface area contributed by atoms with E-state index in [9.17, 15) is 4.79 Å². The average Bonchev–Trinajstić information content (AvgIpc) is 2.76. The first-order valence-corrected chi connectivity index (χ1v) is 7.27. The molecule has 1 aliphatic rings. The van der Waals surface area contributed by atoms with Crippen molar-refractivity contribution in [1.29, 1.82) is 0 Å². The van der Waals surface area contributed by atoms with Gasteiger partial charge < -0.3 is 10.1 Å². The first-order valence-electron chi connectivity index (χ1n) is 6.19. The summed E-state index contributed by atoms with van der Waals surface area (Å²) in [5.41, 5.74) is 2.61. The van der Waals surface area contributed by atoms with Gasteiger partial charge in [-0.3, -0.25) is 4.79 Å². The van der Waals surface area contributed by atoms with E-state index in [0.29, 0.717) is 17.1 Å². The van der Waals surface area contributed by atoms with Crippen LogP contribution in [0.1, 0.15) is 15.9 Å². The van der Waals surface area contributed by atoms with Gasteiger partial charge in [0.2, 0.25) is 5.78 Å². The summed E-state index contributed by atoms with van der Waals surface area (Å²) in [7, 11) is 1.87. The summed E-state index contributed by atoms with van der Waals surface area (Å²) in [5.74, 6) is 0.948. The van der Waals surface area contributed by atoms with E-state index in [4.69, 9.17) is 4.74 Å². The largest absolute Gasteiger partial charge is 0.452 e. The number of Topliss-reactive ketones (excluding diaryl/α,β-unsaturated/α-hetero) is 1. The summed E-state index contributed by atoms with van der Waals surface area (Å²) in [6.45, 7) is 0. The first-order chi connectivity index (χ1) is 9.67. The summed E-state index contributed by atoms with van der Waals surface area (Å²) in [4.78, 5) is 12.3. The number of allylic oxidation sites excluding steroid dienone is 1. The van der Waals surface area contributed by atoms with Crippen LogP contribution in [0.2, 0.25) is 0 Å². The van der Waals surface area contributed by atoms with Crippen LogP contribution in [-0.2, 0) is 0 Å². The van der Waals surface area contributed by atoms with E-state index in [2.05, 4.69) is 27.9 Å². The Morgan fingerprint density at radius 1 is 1.15 bits per heavy atom. The van der Waals surface area contributed by atoms with Crippen LogP contribution in [0.5, 0.6) is 5.75 Å². The number of anilines is 1. The fourth-order valence-electron chi connectivity index (χ4n) is 2.06. The minimum absolute atomic E-state index is 0.0591. The summed E-state index contributed by atoms with van der Waals surface area (Å²) in [5, 5.41) is 3.06. The van der Waals surface area contributed by atoms with Gasteiger partial charge in [0.1, 0.15) is 5.75 Å². The molecule has 0 bridgehead atoms. The normalized spacial score (nSPS) is 15.1. The van der Waals surface area contributed by atoms with Gasteiger partial charge in [-0.2, -0.15) is 0 Å². The van der Waals surface area contributed by atoms with Crippen LogP contribution < -0.4 is 10.1 Å². The second-order valence-electron chi connectivity index (χ2n) is 4.45. The average molecular weight is 377 g/mol. The molecule has 0 amide bonds. The Morgan fingerprint density at radius 3 is 2.60 bits per heavy atom. The van der Waals surface area contributed by atoms with Gasteiger partial charge in [-0.05, 0) is 64.6 Å². The highest BCUT2D eigenvalue weighted by Crippen LogP contribution is 2.32. The number of hydrogen-bond donors (Lipinski definition) is 1. The topological polar surface area (TPSA) is 38.3 Å². The van der Waals surface area contributed by atoms with E-state index in [1.54, 1.807) is 6.08 Å². The zero-order valence-electron chi connectivity index (χ0n) is 10.8. The van der Waals surface area contributed by atoms with Crippen molar-refractivity contribution in [1.82, 2.24) is 0 Å². The maximum atomic E-state index is 12.3. The number of hydrogen-bond acceptors (Lipinski definition) is 3. The van der Waals surface area contributed by atoms with Crippen molar-refractivity contribution >= 4 is 40.1 Å². The Morgan fingerprint density at radius 2 is 1.90 bits per heavy atom. The Kier molecular flexibility index (Phi) is 3.48. The number of halogens is 1. The standard InChI is InChI=1S/C16H12INO2/c1-18-12-5-2-10(3-6-12)8-15-16(19)13-9-11(17)4-7-14(13)20-15/h2-9,18H,1H3/b15-8+. The quantitative estimate of drug-likeness (QED) is 0.636. The molecule has 20 heavy (non-hydrogen) atoms. The van der Waals surface area contributed by atoms with Crippen molar-refractivity contribution < 1.29 is 9.53 Å². The molecule has 1 heterocycles. The molecular weight excluding hydrogens is 365 g/mol. The van der Waals surface area contributed by atoms with Crippen LogP contribution in [0, 0.1) is 3.57 Å². The third-order valence-corrected chi connectivity index (χ3v) is 3.80. The fraction of sp³-hybridized carbons (Fsp3) is 0.0625. The van der Waals surface area contributed by atoms with Crippen LogP contribution in [0.25, 0.3) is 6.08 Å². The van der Waals surface area contributed by atoms with Crippen LogP contribution in [-0.4, -0.2) is 12.8 Å². The molecule has 0 spiro atoms. The van der Waals surface area contributed by atoms with Gasteiger partial charge in [0, 0.05) is 16.3 Å². The fourth-order valence-corrected chi connectivity index (χ4v) is 2.55. The predicted octanol–water partition coefficient (Wildman–Crippen LogP) is 3.95. The molecule has 0 saturated heterocycles. The van der Waals surface area contributed by atoms with Gasteiger partial charge in [0.25, 0.3) is 0 Å². The maximum absolute atomic E-state index is 12.3. The van der Waals surface area contributed by atoms with Crippen LogP contribution in [0.3, 0.4) is 0 Å². The van der Waals surface area contributed by atoms with E-state index in [1.807, 2.05) is 49.5 Å². The van der Waals surface area contributed by atoms with Crippen molar-refractivity contribution in [3.63, 3.8) is 0 Å². The predicted molar refractivity (Wildman–Crippen MR) is 88.1 cm³/mol. The third kappa shape index (κ3) is 2.43. The van der Waals surface area contributed by atoms with Crippen molar-refractivity contribution in [3.05, 3.63) is 62.9 Å². The molecule has 4 heteroatoms. The molecule has 100 valence electrons. The number of ether oxygens (including phenoxy) is 1. The SMILES string of the molecule is CNc1ccc(/C=C2/Oc3ccc(I)cc3C2=O)cc1. The number of benzene rings is 2. The summed E-state index contributed by atoms with van der Waals surface area (Å²) in [6.07, 6.45) is 1.77. The Balaban J connectivity index is 1.92. The monoisotopic (exact) mass is 377 g/mol. The van der Waals surface area contributed by atoms with Gasteiger partial charge in [0.05, 0.1) is 5.56 Å². The summed E-state index contributed by atoms with van der Waals surface area (Å²) < 4.78 is 6.65. The van der Waals surface area contributed by atoms with Crippen molar-refractivity contribution in [2.75, 3.05) is 12.4 Å². The summed E-state index contributed by atoms with van der Waals surface area (Å²) >= 11 is 2.19. The smallest absolute Gasteiger partial charge is 0.232 e. The zero-order chi connectivity index (χ0) is 14.1. The second-order valence-corrected chi connectivity index (χ2v) is 5.70. The molecule has 0 aliphatic carbocycles. The minimum Gasteiger partial charge on any atom is -0.452 e. The van der Waals surface area contributed by atoms with Crippen LogP contribution >= 0.6 is 22.6 Å². The number of carbonyl (C=O) groups excluding carboxylic acids is 1. The van der Waals surface area contributed by atoms with E-state index in [0.717, 1.165) is 14.8 Å². The van der Waals surface area contributed by atoms with Gasteiger partial charge >= 0.3 is 0 Å². The Hall–Kier alpha value is -1.82. The Labute approximate surface area is 130 Å². The molecule has 2 aromatic rings. The highest BCUT2D eigenvalue weighted by atomic mass is 127. The highest BCUT2D eigenvalue weighted by molar-refractivity contribution is 14.1. The lowest BCUT2D eigenvalue weighted by Gasteiger charge is -2.01. The lowest BCUT2D eigenvalue weighted by molar-refractivity contribution is 0.101. The molecule has 0 atom stereocenters. The third-order valence-electron chi connectivity index (χ3n) is 3.13. The molecule has 0 fully saturated rings. The van der Waals surface area contributed by atoms with E-state index in [-0.39, 0.29) is 5.78 Å². The van der Waals surface area contributed by atoms with Crippen molar-refractivity contribution in [3.8, 4) is 5.75 Å².